The zero-order chi connectivity index (χ0) is 34.5. The minimum atomic E-state index is -1.44. The Hall–Kier alpha value is -3.85. The van der Waals surface area contributed by atoms with Gasteiger partial charge >= 0.3 is 23.9 Å². The number of esters is 4. The van der Waals surface area contributed by atoms with Crippen molar-refractivity contribution in [2.45, 2.75) is 110 Å². The lowest BCUT2D eigenvalue weighted by atomic mass is 9.95. The van der Waals surface area contributed by atoms with Gasteiger partial charge in [0.05, 0.1) is 19.8 Å². The monoisotopic (exact) mass is 664 g/mol. The largest absolute Gasteiger partial charge is 0.497 e. The van der Waals surface area contributed by atoms with E-state index in [0.29, 0.717) is 18.8 Å². The molecule has 1 fully saturated rings. The maximum absolute atomic E-state index is 13.2. The third-order valence-electron chi connectivity index (χ3n) is 7.24. The molecule has 4 unspecified atom stereocenters. The highest BCUT2D eigenvalue weighted by Gasteiger charge is 2.55. The lowest BCUT2D eigenvalue weighted by Crippen LogP contribution is -2.53. The van der Waals surface area contributed by atoms with Gasteiger partial charge in [0.2, 0.25) is 6.29 Å². The second-order valence-electron chi connectivity index (χ2n) is 11.1. The molecular weight excluding hydrogens is 620 g/mol. The molecule has 14 heteroatoms. The van der Waals surface area contributed by atoms with Crippen molar-refractivity contribution in [1.29, 1.82) is 0 Å². The fourth-order valence-electron chi connectivity index (χ4n) is 5.22. The summed E-state index contributed by atoms with van der Waals surface area (Å²) >= 11 is 0. The minimum absolute atomic E-state index is 0.00475. The van der Waals surface area contributed by atoms with Crippen molar-refractivity contribution in [1.82, 2.24) is 0 Å². The summed E-state index contributed by atoms with van der Waals surface area (Å²) in [6.45, 7) is 6.95. The van der Waals surface area contributed by atoms with Crippen LogP contribution in [0.5, 0.6) is 5.75 Å². The molecule has 0 spiro atoms. The molecule has 14 nitrogen and oxygen atoms in total. The van der Waals surface area contributed by atoms with Crippen LogP contribution in [0.15, 0.2) is 36.4 Å². The van der Waals surface area contributed by atoms with Crippen molar-refractivity contribution in [2.24, 2.45) is 0 Å². The maximum Gasteiger partial charge on any atom is 0.305 e. The smallest absolute Gasteiger partial charge is 0.305 e. The van der Waals surface area contributed by atoms with E-state index < -0.39 is 78.7 Å². The highest BCUT2D eigenvalue weighted by Crippen LogP contribution is 2.36. The van der Waals surface area contributed by atoms with E-state index in [1.807, 2.05) is 19.1 Å². The maximum atomic E-state index is 13.2. The average molecular weight is 665 g/mol. The van der Waals surface area contributed by atoms with Crippen molar-refractivity contribution in [3.05, 3.63) is 42.0 Å². The van der Waals surface area contributed by atoms with E-state index >= 15 is 0 Å². The molecule has 2 heterocycles. The molecule has 260 valence electrons. The van der Waals surface area contributed by atoms with Gasteiger partial charge in [0.15, 0.2) is 18.0 Å². The van der Waals surface area contributed by atoms with Crippen LogP contribution in [0.3, 0.4) is 0 Å². The highest BCUT2D eigenvalue weighted by molar-refractivity contribution is 5.95. The summed E-state index contributed by atoms with van der Waals surface area (Å²) in [6.07, 6.45) is -4.76. The Labute approximate surface area is 273 Å². The number of carbonyl (C=O) groups excluding carboxylic acids is 5. The lowest BCUT2D eigenvalue weighted by molar-refractivity contribution is -0.211. The second-order valence-corrected chi connectivity index (χ2v) is 11.1. The summed E-state index contributed by atoms with van der Waals surface area (Å²) in [4.78, 5) is 60.8. The fourth-order valence-corrected chi connectivity index (χ4v) is 5.22. The summed E-state index contributed by atoms with van der Waals surface area (Å²) in [5.41, 5.74) is 0.778. The van der Waals surface area contributed by atoms with Crippen LogP contribution < -0.4 is 4.74 Å². The number of carbonyl (C=O) groups is 5. The van der Waals surface area contributed by atoms with Gasteiger partial charge < -0.3 is 42.6 Å². The minimum Gasteiger partial charge on any atom is -0.497 e. The first-order valence-electron chi connectivity index (χ1n) is 15.5. The predicted octanol–water partition coefficient (Wildman–Crippen LogP) is 2.76. The van der Waals surface area contributed by atoms with Gasteiger partial charge in [-0.25, -0.2) is 0 Å². The number of ketones is 1. The standard InChI is InChI=1S/C33H44O14/c1-7-8-15-40-30-27(16-25(43-20(3)35)18-41-19(2)34)46-33(31(30)42-17-23-9-11-24(39-6)12-10-23)32(45-22(5)37)29-26(38)13-14-28(47-29)44-21(4)36/h9-14,25,27-33H,7-8,15-18H2,1-6H3/t25-,27?,28?,29?,30?,31-,32-,33-/m1/s1. The highest BCUT2D eigenvalue weighted by atomic mass is 16.7. The third-order valence-corrected chi connectivity index (χ3v) is 7.24. The Morgan fingerprint density at radius 2 is 1.57 bits per heavy atom. The number of methoxy groups -OCH3 is 1. The van der Waals surface area contributed by atoms with Crippen LogP contribution in [0.1, 0.15) is 59.4 Å². The van der Waals surface area contributed by atoms with Crippen LogP contribution in [0, 0.1) is 0 Å². The van der Waals surface area contributed by atoms with Gasteiger partial charge in [0.1, 0.15) is 36.8 Å². The van der Waals surface area contributed by atoms with E-state index in [1.165, 1.54) is 39.8 Å². The van der Waals surface area contributed by atoms with Crippen LogP contribution in [-0.2, 0) is 68.5 Å². The fraction of sp³-hybridized carbons (Fsp3) is 0.606. The molecule has 8 atom stereocenters. The number of ether oxygens (including phenoxy) is 9. The van der Waals surface area contributed by atoms with Crippen LogP contribution in [0.4, 0.5) is 0 Å². The van der Waals surface area contributed by atoms with Crippen molar-refractivity contribution in [2.75, 3.05) is 20.3 Å². The zero-order valence-electron chi connectivity index (χ0n) is 27.5. The van der Waals surface area contributed by atoms with E-state index in [9.17, 15) is 24.0 Å². The number of benzene rings is 1. The van der Waals surface area contributed by atoms with Gasteiger partial charge in [-0.05, 0) is 36.3 Å². The van der Waals surface area contributed by atoms with Crippen LogP contribution in [0.2, 0.25) is 0 Å². The molecule has 0 amide bonds. The van der Waals surface area contributed by atoms with Crippen LogP contribution >= 0.6 is 0 Å². The number of hydrogen-bond donors (Lipinski definition) is 0. The molecule has 3 rings (SSSR count). The first-order valence-corrected chi connectivity index (χ1v) is 15.5. The zero-order valence-corrected chi connectivity index (χ0v) is 27.5. The second kappa shape index (κ2) is 18.5. The van der Waals surface area contributed by atoms with Gasteiger partial charge in [-0.1, -0.05) is 25.5 Å². The molecule has 0 radical (unpaired) electrons. The average Bonchev–Trinajstić information content (AvgIpc) is 3.34. The van der Waals surface area contributed by atoms with Gasteiger partial charge in [-0.2, -0.15) is 0 Å². The van der Waals surface area contributed by atoms with E-state index in [4.69, 9.17) is 42.6 Å². The molecule has 47 heavy (non-hydrogen) atoms. The molecule has 1 aromatic carbocycles. The molecule has 2 aliphatic heterocycles. The summed E-state index contributed by atoms with van der Waals surface area (Å²) in [7, 11) is 1.56. The van der Waals surface area contributed by atoms with Crippen molar-refractivity contribution in [3.63, 3.8) is 0 Å². The quantitative estimate of drug-likeness (QED) is 0.135. The van der Waals surface area contributed by atoms with Crippen molar-refractivity contribution in [3.8, 4) is 5.75 Å². The number of rotatable bonds is 17. The molecule has 0 N–H and O–H groups in total. The molecule has 0 saturated carbocycles. The Morgan fingerprint density at radius 3 is 2.17 bits per heavy atom. The van der Waals surface area contributed by atoms with Gasteiger partial charge in [0.25, 0.3) is 0 Å². The Balaban J connectivity index is 2.03. The van der Waals surface area contributed by atoms with E-state index in [0.717, 1.165) is 12.0 Å². The van der Waals surface area contributed by atoms with Crippen molar-refractivity contribution >= 4 is 29.7 Å². The summed E-state index contributed by atoms with van der Waals surface area (Å²) in [5, 5.41) is 0. The number of hydrogen-bond acceptors (Lipinski definition) is 14. The third kappa shape index (κ3) is 11.7. The summed E-state index contributed by atoms with van der Waals surface area (Å²) in [5.74, 6) is -2.46. The molecule has 0 bridgehead atoms. The van der Waals surface area contributed by atoms with E-state index in [1.54, 1.807) is 19.2 Å². The Bertz CT molecular complexity index is 1240. The van der Waals surface area contributed by atoms with Crippen LogP contribution in [-0.4, -0.2) is 99.0 Å². The van der Waals surface area contributed by atoms with Gasteiger partial charge in [-0.15, -0.1) is 0 Å². The number of unbranched alkanes of at least 4 members (excludes halogenated alkanes) is 1. The van der Waals surface area contributed by atoms with Crippen LogP contribution in [0.25, 0.3) is 0 Å². The topological polar surface area (TPSA) is 168 Å². The molecule has 2 aliphatic rings. The van der Waals surface area contributed by atoms with Crippen molar-refractivity contribution < 1.29 is 66.6 Å². The summed E-state index contributed by atoms with van der Waals surface area (Å²) < 4.78 is 51.8. The molecule has 0 aromatic heterocycles. The van der Waals surface area contributed by atoms with Gasteiger partial charge in [0, 0.05) is 40.7 Å². The molecular formula is C33H44O14. The Morgan fingerprint density at radius 1 is 0.872 bits per heavy atom. The first kappa shape index (κ1) is 37.6. The SMILES string of the molecule is CCCCOC1C(C[C@H](COC(C)=O)OC(C)=O)O[C@@H]([C@H](OC(C)=O)C2OC(OC(C)=O)C=CC2=O)[C@@H]1OCc1ccc(OC)cc1. The molecule has 0 aliphatic carbocycles. The normalized spacial score (nSPS) is 25.0. The van der Waals surface area contributed by atoms with Gasteiger partial charge in [-0.3, -0.25) is 24.0 Å². The molecule has 1 aromatic rings. The predicted molar refractivity (Wildman–Crippen MR) is 162 cm³/mol. The first-order chi connectivity index (χ1) is 22.4. The van der Waals surface area contributed by atoms with E-state index in [-0.39, 0.29) is 19.6 Å². The summed E-state index contributed by atoms with van der Waals surface area (Å²) in [6, 6.07) is 7.18. The molecule has 1 saturated heterocycles. The lowest BCUT2D eigenvalue weighted by Gasteiger charge is -2.35. The van der Waals surface area contributed by atoms with E-state index in [2.05, 4.69) is 0 Å². The Kier molecular flexibility index (Phi) is 14.8.